The summed E-state index contributed by atoms with van der Waals surface area (Å²) in [5.74, 6) is 1.73. The highest BCUT2D eigenvalue weighted by molar-refractivity contribution is 9.10. The zero-order chi connectivity index (χ0) is 11.4. The Hall–Kier alpha value is -1.42. The molecule has 0 aliphatic rings. The molecule has 16 heavy (non-hydrogen) atoms. The average molecular weight is 282 g/mol. The van der Waals surface area contributed by atoms with Crippen LogP contribution in [0.1, 0.15) is 5.76 Å². The lowest BCUT2D eigenvalue weighted by Crippen LogP contribution is -1.98. The summed E-state index contributed by atoms with van der Waals surface area (Å²) >= 11 is 3.44. The van der Waals surface area contributed by atoms with Crippen molar-refractivity contribution in [1.29, 1.82) is 0 Å². The molecule has 3 nitrogen and oxygen atoms in total. The van der Waals surface area contributed by atoms with Crippen molar-refractivity contribution < 1.29 is 9.15 Å². The van der Waals surface area contributed by atoms with Gasteiger partial charge in [0.05, 0.1) is 24.4 Å². The quantitative estimate of drug-likeness (QED) is 0.929. The van der Waals surface area contributed by atoms with Crippen LogP contribution in [-0.4, -0.2) is 7.11 Å². The van der Waals surface area contributed by atoms with Crippen LogP contribution in [0.4, 0.5) is 5.69 Å². The maximum Gasteiger partial charge on any atom is 0.133 e. The number of rotatable bonds is 4. The fraction of sp³-hybridized carbons (Fsp3) is 0.167. The Bertz CT molecular complexity index is 454. The molecule has 0 saturated heterocycles. The first kappa shape index (κ1) is 11.1. The summed E-state index contributed by atoms with van der Waals surface area (Å²) in [5.41, 5.74) is 1.02. The Kier molecular flexibility index (Phi) is 3.51. The molecule has 1 heterocycles. The predicted molar refractivity (Wildman–Crippen MR) is 66.7 cm³/mol. The monoisotopic (exact) mass is 281 g/mol. The number of ether oxygens (including phenoxy) is 1. The second kappa shape index (κ2) is 5.07. The van der Waals surface area contributed by atoms with Gasteiger partial charge in [-0.05, 0) is 46.3 Å². The summed E-state index contributed by atoms with van der Waals surface area (Å²) in [6, 6.07) is 9.66. The Balaban J connectivity index is 2.02. The van der Waals surface area contributed by atoms with Crippen LogP contribution in [0, 0.1) is 0 Å². The van der Waals surface area contributed by atoms with E-state index in [2.05, 4.69) is 21.2 Å². The van der Waals surface area contributed by atoms with Crippen LogP contribution in [0.25, 0.3) is 0 Å². The van der Waals surface area contributed by atoms with E-state index in [9.17, 15) is 0 Å². The first-order chi connectivity index (χ1) is 7.79. The van der Waals surface area contributed by atoms with Gasteiger partial charge < -0.3 is 14.5 Å². The standard InChI is InChI=1S/C12H12BrNO2/c1-15-12-5-4-9(7-11(12)13)14-8-10-3-2-6-16-10/h2-7,14H,8H2,1H3. The van der Waals surface area contributed by atoms with Crippen molar-refractivity contribution >= 4 is 21.6 Å². The fourth-order valence-corrected chi connectivity index (χ4v) is 1.92. The van der Waals surface area contributed by atoms with Crippen molar-refractivity contribution in [2.45, 2.75) is 6.54 Å². The van der Waals surface area contributed by atoms with Crippen molar-refractivity contribution in [3.63, 3.8) is 0 Å². The molecule has 1 aromatic carbocycles. The highest BCUT2D eigenvalue weighted by Crippen LogP contribution is 2.27. The number of benzene rings is 1. The molecule has 2 aromatic rings. The summed E-state index contributed by atoms with van der Waals surface area (Å²) in [6.45, 7) is 0.672. The van der Waals surface area contributed by atoms with Gasteiger partial charge in [0.25, 0.3) is 0 Å². The molecule has 0 saturated carbocycles. The molecule has 0 amide bonds. The molecule has 0 unspecified atom stereocenters. The molecule has 4 heteroatoms. The lowest BCUT2D eigenvalue weighted by molar-refractivity contribution is 0.412. The van der Waals surface area contributed by atoms with E-state index in [1.54, 1.807) is 13.4 Å². The summed E-state index contributed by atoms with van der Waals surface area (Å²) in [5, 5.41) is 3.26. The summed E-state index contributed by atoms with van der Waals surface area (Å²) in [4.78, 5) is 0. The second-order valence-electron chi connectivity index (χ2n) is 3.28. The second-order valence-corrected chi connectivity index (χ2v) is 4.14. The van der Waals surface area contributed by atoms with Crippen molar-refractivity contribution in [3.05, 3.63) is 46.8 Å². The van der Waals surface area contributed by atoms with Crippen molar-refractivity contribution in [3.8, 4) is 5.75 Å². The number of methoxy groups -OCH3 is 1. The van der Waals surface area contributed by atoms with Gasteiger partial charge in [-0.25, -0.2) is 0 Å². The van der Waals surface area contributed by atoms with E-state index in [1.807, 2.05) is 30.3 Å². The zero-order valence-corrected chi connectivity index (χ0v) is 10.5. The molecule has 0 fully saturated rings. The van der Waals surface area contributed by atoms with Crippen LogP contribution in [0.2, 0.25) is 0 Å². The molecular formula is C12H12BrNO2. The van der Waals surface area contributed by atoms with E-state index >= 15 is 0 Å². The molecule has 0 spiro atoms. The number of furan rings is 1. The third-order valence-electron chi connectivity index (χ3n) is 2.20. The molecule has 0 radical (unpaired) electrons. The number of hydrogen-bond donors (Lipinski definition) is 1. The maximum atomic E-state index is 5.23. The molecule has 1 N–H and O–H groups in total. The smallest absolute Gasteiger partial charge is 0.133 e. The number of anilines is 1. The molecule has 0 aliphatic carbocycles. The van der Waals surface area contributed by atoms with Crippen LogP contribution in [0.3, 0.4) is 0 Å². The topological polar surface area (TPSA) is 34.4 Å². The predicted octanol–water partition coefficient (Wildman–Crippen LogP) is 3.66. The van der Waals surface area contributed by atoms with Gasteiger partial charge in [-0.3, -0.25) is 0 Å². The Morgan fingerprint density at radius 1 is 1.38 bits per heavy atom. The van der Waals surface area contributed by atoms with Gasteiger partial charge in [0.2, 0.25) is 0 Å². The Labute approximate surface area is 103 Å². The van der Waals surface area contributed by atoms with E-state index in [0.29, 0.717) is 6.54 Å². The SMILES string of the molecule is COc1ccc(NCc2ccco2)cc1Br. The van der Waals surface area contributed by atoms with E-state index in [0.717, 1.165) is 21.7 Å². The van der Waals surface area contributed by atoms with Gasteiger partial charge in [-0.2, -0.15) is 0 Å². The largest absolute Gasteiger partial charge is 0.496 e. The van der Waals surface area contributed by atoms with E-state index in [-0.39, 0.29) is 0 Å². The van der Waals surface area contributed by atoms with E-state index in [4.69, 9.17) is 9.15 Å². The van der Waals surface area contributed by atoms with Crippen LogP contribution in [0.5, 0.6) is 5.75 Å². The Morgan fingerprint density at radius 3 is 2.88 bits per heavy atom. The van der Waals surface area contributed by atoms with Crippen LogP contribution in [0.15, 0.2) is 45.5 Å². The van der Waals surface area contributed by atoms with E-state index in [1.165, 1.54) is 0 Å². The van der Waals surface area contributed by atoms with Crippen LogP contribution < -0.4 is 10.1 Å². The van der Waals surface area contributed by atoms with Crippen LogP contribution >= 0.6 is 15.9 Å². The minimum Gasteiger partial charge on any atom is -0.496 e. The van der Waals surface area contributed by atoms with Crippen molar-refractivity contribution in [2.75, 3.05) is 12.4 Å². The summed E-state index contributed by atoms with van der Waals surface area (Å²) in [6.07, 6.45) is 1.67. The van der Waals surface area contributed by atoms with Crippen LogP contribution in [-0.2, 0) is 6.54 Å². The highest BCUT2D eigenvalue weighted by Gasteiger charge is 2.01. The molecular weight excluding hydrogens is 270 g/mol. The minimum absolute atomic E-state index is 0.672. The van der Waals surface area contributed by atoms with Gasteiger partial charge >= 0.3 is 0 Å². The summed E-state index contributed by atoms with van der Waals surface area (Å²) in [7, 11) is 1.65. The fourth-order valence-electron chi connectivity index (χ4n) is 1.38. The lowest BCUT2D eigenvalue weighted by Gasteiger charge is -2.07. The zero-order valence-electron chi connectivity index (χ0n) is 8.87. The van der Waals surface area contributed by atoms with Gasteiger partial charge in [-0.1, -0.05) is 0 Å². The maximum absolute atomic E-state index is 5.23. The first-order valence-electron chi connectivity index (χ1n) is 4.89. The Morgan fingerprint density at radius 2 is 2.25 bits per heavy atom. The normalized spacial score (nSPS) is 10.1. The average Bonchev–Trinajstić information content (AvgIpc) is 2.79. The lowest BCUT2D eigenvalue weighted by atomic mass is 10.3. The van der Waals surface area contributed by atoms with Crippen molar-refractivity contribution in [2.24, 2.45) is 0 Å². The number of halogens is 1. The molecule has 2 rings (SSSR count). The number of hydrogen-bond acceptors (Lipinski definition) is 3. The molecule has 0 bridgehead atoms. The van der Waals surface area contributed by atoms with Gasteiger partial charge in [0.15, 0.2) is 0 Å². The number of nitrogens with one attached hydrogen (secondary N) is 1. The third-order valence-corrected chi connectivity index (χ3v) is 2.82. The van der Waals surface area contributed by atoms with Crippen molar-refractivity contribution in [1.82, 2.24) is 0 Å². The minimum atomic E-state index is 0.672. The molecule has 0 atom stereocenters. The van der Waals surface area contributed by atoms with Gasteiger partial charge in [0.1, 0.15) is 11.5 Å². The van der Waals surface area contributed by atoms with E-state index < -0.39 is 0 Å². The summed E-state index contributed by atoms with van der Waals surface area (Å²) < 4.78 is 11.3. The van der Waals surface area contributed by atoms with Gasteiger partial charge in [-0.15, -0.1) is 0 Å². The molecule has 1 aromatic heterocycles. The highest BCUT2D eigenvalue weighted by atomic mass is 79.9. The van der Waals surface area contributed by atoms with Gasteiger partial charge in [0, 0.05) is 5.69 Å². The third kappa shape index (κ3) is 2.58. The molecule has 84 valence electrons. The first-order valence-corrected chi connectivity index (χ1v) is 5.68. The molecule has 0 aliphatic heterocycles.